The van der Waals surface area contributed by atoms with Gasteiger partial charge in [-0.25, -0.2) is 0 Å². The highest BCUT2D eigenvalue weighted by molar-refractivity contribution is 7.99. The number of amides is 1. The molecule has 0 aliphatic carbocycles. The fourth-order valence-corrected chi connectivity index (χ4v) is 3.89. The quantitative estimate of drug-likeness (QED) is 0.904. The Balaban J connectivity index is 1.47. The minimum atomic E-state index is 0.273. The lowest BCUT2D eigenvalue weighted by molar-refractivity contribution is -0.132. The van der Waals surface area contributed by atoms with Gasteiger partial charge in [-0.1, -0.05) is 5.16 Å². The second kappa shape index (κ2) is 6.79. The average molecular weight is 310 g/mol. The molecule has 0 saturated carbocycles. The third-order valence-corrected chi connectivity index (χ3v) is 5.29. The molecule has 2 saturated heterocycles. The van der Waals surface area contributed by atoms with E-state index < -0.39 is 0 Å². The molecule has 1 unspecified atom stereocenters. The normalized spacial score (nSPS) is 24.2. The Kier molecular flexibility index (Phi) is 4.80. The fourth-order valence-electron chi connectivity index (χ4n) is 2.95. The first-order chi connectivity index (χ1) is 10.2. The number of hydrogen-bond donors (Lipinski definition) is 1. The number of likely N-dealkylation sites (tertiary alicyclic amines) is 1. The van der Waals surface area contributed by atoms with Crippen molar-refractivity contribution in [1.82, 2.24) is 20.4 Å². The van der Waals surface area contributed by atoms with Crippen LogP contribution in [0, 0.1) is 6.92 Å². The first kappa shape index (κ1) is 14.8. The molecule has 3 rings (SSSR count). The highest BCUT2D eigenvalue weighted by Crippen LogP contribution is 2.27. The van der Waals surface area contributed by atoms with Crippen LogP contribution in [-0.2, 0) is 4.79 Å². The van der Waals surface area contributed by atoms with E-state index in [1.54, 1.807) is 0 Å². The van der Waals surface area contributed by atoms with Crippen molar-refractivity contribution in [3.63, 3.8) is 0 Å². The van der Waals surface area contributed by atoms with E-state index in [2.05, 4.69) is 15.5 Å². The summed E-state index contributed by atoms with van der Waals surface area (Å²) in [5.74, 6) is 4.19. The van der Waals surface area contributed by atoms with Gasteiger partial charge in [0.2, 0.25) is 11.8 Å². The van der Waals surface area contributed by atoms with Crippen LogP contribution < -0.4 is 5.32 Å². The summed E-state index contributed by atoms with van der Waals surface area (Å²) in [4.78, 5) is 18.6. The van der Waals surface area contributed by atoms with Gasteiger partial charge in [0.1, 0.15) is 0 Å². The molecule has 0 radical (unpaired) electrons. The molecule has 21 heavy (non-hydrogen) atoms. The van der Waals surface area contributed by atoms with Crippen LogP contribution >= 0.6 is 11.8 Å². The van der Waals surface area contributed by atoms with Crippen molar-refractivity contribution in [2.45, 2.75) is 38.1 Å². The van der Waals surface area contributed by atoms with E-state index in [4.69, 9.17) is 4.52 Å². The Morgan fingerprint density at radius 2 is 2.29 bits per heavy atom. The summed E-state index contributed by atoms with van der Waals surface area (Å²) in [6, 6.07) is 0.340. The molecule has 2 aliphatic rings. The maximum Gasteiger partial charge on any atom is 0.229 e. The fraction of sp³-hybridized carbons (Fsp3) is 0.786. The zero-order valence-electron chi connectivity index (χ0n) is 12.4. The third-order valence-electron chi connectivity index (χ3n) is 4.16. The highest BCUT2D eigenvalue weighted by Gasteiger charge is 2.28. The Morgan fingerprint density at radius 1 is 1.48 bits per heavy atom. The lowest BCUT2D eigenvalue weighted by atomic mass is 9.96. The van der Waals surface area contributed by atoms with Gasteiger partial charge in [-0.3, -0.25) is 4.79 Å². The Morgan fingerprint density at radius 3 is 2.90 bits per heavy atom. The van der Waals surface area contributed by atoms with Gasteiger partial charge in [-0.15, -0.1) is 0 Å². The van der Waals surface area contributed by atoms with Crippen LogP contribution in [0.25, 0.3) is 0 Å². The van der Waals surface area contributed by atoms with E-state index in [9.17, 15) is 4.79 Å². The van der Waals surface area contributed by atoms with Crippen molar-refractivity contribution in [2.75, 3.05) is 31.1 Å². The summed E-state index contributed by atoms with van der Waals surface area (Å²) in [5, 5.41) is 7.27. The summed E-state index contributed by atoms with van der Waals surface area (Å²) in [6.07, 6.45) is 2.46. The smallest absolute Gasteiger partial charge is 0.229 e. The van der Waals surface area contributed by atoms with Crippen molar-refractivity contribution < 1.29 is 9.32 Å². The summed E-state index contributed by atoms with van der Waals surface area (Å²) in [5.41, 5.74) is 0. The first-order valence-electron chi connectivity index (χ1n) is 7.61. The van der Waals surface area contributed by atoms with Crippen LogP contribution in [-0.4, -0.2) is 58.1 Å². The van der Waals surface area contributed by atoms with Crippen molar-refractivity contribution in [3.8, 4) is 0 Å². The van der Waals surface area contributed by atoms with Gasteiger partial charge in [0.05, 0.1) is 0 Å². The largest absolute Gasteiger partial charge is 0.343 e. The van der Waals surface area contributed by atoms with Crippen LogP contribution in [0.3, 0.4) is 0 Å². The molecule has 1 aromatic heterocycles. The Bertz CT molecular complexity index is 479. The van der Waals surface area contributed by atoms with Crippen LogP contribution in [0.15, 0.2) is 4.52 Å². The lowest BCUT2D eigenvalue weighted by Gasteiger charge is -2.32. The maximum atomic E-state index is 12.3. The molecule has 1 N–H and O–H groups in total. The molecule has 0 bridgehead atoms. The molecule has 0 aromatic carbocycles. The van der Waals surface area contributed by atoms with Crippen LogP contribution in [0.2, 0.25) is 0 Å². The predicted molar refractivity (Wildman–Crippen MR) is 81.3 cm³/mol. The van der Waals surface area contributed by atoms with Crippen molar-refractivity contribution in [2.24, 2.45) is 0 Å². The van der Waals surface area contributed by atoms with Crippen molar-refractivity contribution >= 4 is 17.7 Å². The van der Waals surface area contributed by atoms with Gasteiger partial charge in [0.25, 0.3) is 0 Å². The SMILES string of the molecule is Cc1noc(C2CCN(C(=O)CC3CSCCN3)CC2)n1. The number of nitrogens with zero attached hydrogens (tertiary/aromatic N) is 3. The Labute approximate surface area is 129 Å². The van der Waals surface area contributed by atoms with Crippen molar-refractivity contribution in [3.05, 3.63) is 11.7 Å². The van der Waals surface area contributed by atoms with Gasteiger partial charge < -0.3 is 14.7 Å². The van der Waals surface area contributed by atoms with Crippen LogP contribution in [0.1, 0.15) is 36.9 Å². The molecule has 6 nitrogen and oxygen atoms in total. The van der Waals surface area contributed by atoms with Crippen LogP contribution in [0.5, 0.6) is 0 Å². The molecule has 1 atom stereocenters. The van der Waals surface area contributed by atoms with Crippen LogP contribution in [0.4, 0.5) is 0 Å². The number of nitrogens with one attached hydrogen (secondary N) is 1. The van der Waals surface area contributed by atoms with E-state index in [0.29, 0.717) is 24.2 Å². The van der Waals surface area contributed by atoms with Gasteiger partial charge >= 0.3 is 0 Å². The van der Waals surface area contributed by atoms with Gasteiger partial charge in [0, 0.05) is 49.5 Å². The molecular formula is C14H22N4O2S. The number of rotatable bonds is 3. The molecule has 116 valence electrons. The van der Waals surface area contributed by atoms with Crippen molar-refractivity contribution in [1.29, 1.82) is 0 Å². The molecule has 1 aromatic rings. The van der Waals surface area contributed by atoms with E-state index in [1.807, 2.05) is 23.6 Å². The number of thioether (sulfide) groups is 1. The minimum Gasteiger partial charge on any atom is -0.343 e. The van der Waals surface area contributed by atoms with E-state index in [-0.39, 0.29) is 5.91 Å². The van der Waals surface area contributed by atoms with E-state index in [0.717, 1.165) is 49.9 Å². The summed E-state index contributed by atoms with van der Waals surface area (Å²) in [7, 11) is 0. The number of carbonyl (C=O) groups is 1. The zero-order chi connectivity index (χ0) is 14.7. The van der Waals surface area contributed by atoms with E-state index >= 15 is 0 Å². The average Bonchev–Trinajstić information content (AvgIpc) is 2.95. The summed E-state index contributed by atoms with van der Waals surface area (Å²) in [6.45, 7) is 4.44. The van der Waals surface area contributed by atoms with E-state index in [1.165, 1.54) is 0 Å². The molecule has 1 amide bonds. The number of hydrogen-bond acceptors (Lipinski definition) is 6. The molecular weight excluding hydrogens is 288 g/mol. The second-order valence-corrected chi connectivity index (χ2v) is 6.91. The number of aryl methyl sites for hydroxylation is 1. The number of aromatic nitrogens is 2. The summed E-state index contributed by atoms with van der Waals surface area (Å²) < 4.78 is 5.24. The highest BCUT2D eigenvalue weighted by atomic mass is 32.2. The third kappa shape index (κ3) is 3.77. The standard InChI is InChI=1S/C14H22N4O2S/c1-10-16-14(20-17-10)11-2-5-18(6-3-11)13(19)8-12-9-21-7-4-15-12/h11-12,15H,2-9H2,1H3. The number of carbonyl (C=O) groups excluding carboxylic acids is 1. The van der Waals surface area contributed by atoms with Gasteiger partial charge in [0.15, 0.2) is 5.82 Å². The van der Waals surface area contributed by atoms with Gasteiger partial charge in [-0.2, -0.15) is 16.7 Å². The second-order valence-electron chi connectivity index (χ2n) is 5.76. The first-order valence-corrected chi connectivity index (χ1v) is 8.77. The topological polar surface area (TPSA) is 71.3 Å². The number of piperidine rings is 1. The molecule has 7 heteroatoms. The summed E-state index contributed by atoms with van der Waals surface area (Å²) >= 11 is 1.93. The Hall–Kier alpha value is -1.08. The molecule has 2 fully saturated rings. The monoisotopic (exact) mass is 310 g/mol. The molecule has 3 heterocycles. The lowest BCUT2D eigenvalue weighted by Crippen LogP contribution is -2.44. The minimum absolute atomic E-state index is 0.273. The van der Waals surface area contributed by atoms with Gasteiger partial charge in [-0.05, 0) is 19.8 Å². The molecule has 2 aliphatic heterocycles. The molecule has 0 spiro atoms. The predicted octanol–water partition coefficient (Wildman–Crippen LogP) is 1.18. The zero-order valence-corrected chi connectivity index (χ0v) is 13.2. The maximum absolute atomic E-state index is 12.3.